The minimum Gasteiger partial charge on any atom is -0.481 e. The van der Waals surface area contributed by atoms with Gasteiger partial charge in [0.2, 0.25) is 11.8 Å². The van der Waals surface area contributed by atoms with Crippen molar-refractivity contribution in [3.05, 3.63) is 29.8 Å². The number of ether oxygens (including phenoxy) is 11. The number of amides is 2. The topological polar surface area (TPSA) is 260 Å². The van der Waals surface area contributed by atoms with E-state index in [2.05, 4.69) is 10.6 Å². The molecular weight excluding hydrogens is 935 g/mol. The Hall–Kier alpha value is -3.03. The Labute approximate surface area is 421 Å². The van der Waals surface area contributed by atoms with Crippen LogP contribution in [-0.2, 0) is 66.5 Å². The first-order valence-corrected chi connectivity index (χ1v) is 26.0. The first kappa shape index (κ1) is 67.0. The van der Waals surface area contributed by atoms with Crippen molar-refractivity contribution in [2.24, 2.45) is 5.73 Å². The number of carboxylic acids is 2. The Bertz CT molecular complexity index is 1340. The minimum absolute atomic E-state index is 0.00867. The van der Waals surface area contributed by atoms with Crippen LogP contribution in [0.15, 0.2) is 29.2 Å². The number of carboxylic acid groups (broad SMARTS) is 2. The van der Waals surface area contributed by atoms with Crippen LogP contribution in [0.25, 0.3) is 0 Å². The third-order valence-electron chi connectivity index (χ3n) is 9.52. The van der Waals surface area contributed by atoms with Crippen molar-refractivity contribution in [1.82, 2.24) is 10.6 Å². The van der Waals surface area contributed by atoms with Crippen molar-refractivity contribution < 1.29 is 81.5 Å². The van der Waals surface area contributed by atoms with Crippen molar-refractivity contribution in [3.8, 4) is 0 Å². The van der Waals surface area contributed by atoms with Gasteiger partial charge >= 0.3 is 11.9 Å². The van der Waals surface area contributed by atoms with E-state index < -0.39 is 11.9 Å². The summed E-state index contributed by atoms with van der Waals surface area (Å²) in [5.74, 6) is -0.752. The standard InChI is InChI=1S/C29H58N2O14.C20H31NO3S/c30-4-6-35-8-10-37-12-14-39-16-18-41-20-22-43-24-26-45-27-25-44-23-21-42-19-17-40-15-13-38-11-9-36-7-5-31-28(32)2-1-3-29(33)34;1-21-19(22)14-9-7-5-3-2-4-6-8-10-15-25-18-13-11-12-17(16-18)20(23)24/h1-27,30H2,(H,31,32)(H,33,34);11-13,16H,2-10,14-15H2,1H3,(H,21,22)(H,23,24). The number of hydrogen-bond acceptors (Lipinski definition) is 17. The van der Waals surface area contributed by atoms with Crippen LogP contribution in [-0.4, -0.2) is 205 Å². The number of carbonyl (C=O) groups excluding carboxylic acids is 2. The van der Waals surface area contributed by atoms with Gasteiger partial charge in [-0.25, -0.2) is 4.79 Å². The molecule has 21 heteroatoms. The summed E-state index contributed by atoms with van der Waals surface area (Å²) in [5, 5.41) is 22.8. The van der Waals surface area contributed by atoms with E-state index in [4.69, 9.17) is 68.1 Å². The molecule has 2 amide bonds. The number of nitrogens with two attached hydrogens (primary N) is 1. The predicted octanol–water partition coefficient (Wildman–Crippen LogP) is 4.62. The fourth-order valence-corrected chi connectivity index (χ4v) is 6.76. The van der Waals surface area contributed by atoms with Crippen molar-refractivity contribution in [3.63, 3.8) is 0 Å². The lowest BCUT2D eigenvalue weighted by molar-refractivity contribution is -0.137. The van der Waals surface area contributed by atoms with Gasteiger partial charge in [0.25, 0.3) is 0 Å². The molecule has 0 heterocycles. The van der Waals surface area contributed by atoms with Crippen LogP contribution in [0.1, 0.15) is 93.8 Å². The lowest BCUT2D eigenvalue weighted by atomic mass is 10.1. The zero-order valence-electron chi connectivity index (χ0n) is 42.2. The highest BCUT2D eigenvalue weighted by Crippen LogP contribution is 2.21. The molecule has 0 unspecified atom stereocenters. The second-order valence-corrected chi connectivity index (χ2v) is 16.6. The molecule has 0 aliphatic rings. The van der Waals surface area contributed by atoms with Crippen molar-refractivity contribution in [1.29, 1.82) is 0 Å². The molecule has 0 aromatic heterocycles. The number of carbonyl (C=O) groups is 4. The number of thioether (sulfide) groups is 1. The maximum atomic E-state index is 11.5. The molecule has 0 atom stereocenters. The van der Waals surface area contributed by atoms with Crippen LogP contribution in [0, 0.1) is 0 Å². The number of aliphatic carboxylic acids is 1. The lowest BCUT2D eigenvalue weighted by Crippen LogP contribution is -2.27. The molecule has 1 aromatic rings. The number of rotatable bonds is 53. The van der Waals surface area contributed by atoms with Crippen LogP contribution in [0.2, 0.25) is 0 Å². The van der Waals surface area contributed by atoms with Gasteiger partial charge in [-0.2, -0.15) is 0 Å². The van der Waals surface area contributed by atoms with Gasteiger partial charge < -0.3 is 78.7 Å². The van der Waals surface area contributed by atoms with Gasteiger partial charge in [-0.1, -0.05) is 51.0 Å². The van der Waals surface area contributed by atoms with E-state index in [9.17, 15) is 19.2 Å². The van der Waals surface area contributed by atoms with E-state index >= 15 is 0 Å². The smallest absolute Gasteiger partial charge is 0.335 e. The van der Waals surface area contributed by atoms with Crippen LogP contribution < -0.4 is 16.4 Å². The largest absolute Gasteiger partial charge is 0.481 e. The molecular formula is C49H89N3O17S. The quantitative estimate of drug-likeness (QED) is 0.0440. The number of aromatic carboxylic acids is 1. The molecule has 0 radical (unpaired) electrons. The molecule has 0 saturated carbocycles. The molecule has 1 aromatic carbocycles. The number of nitrogens with one attached hydrogen (secondary N) is 2. The fourth-order valence-electron chi connectivity index (χ4n) is 5.79. The summed E-state index contributed by atoms with van der Waals surface area (Å²) in [7, 11) is 1.69. The Morgan fingerprint density at radius 1 is 0.471 bits per heavy atom. The molecule has 6 N–H and O–H groups in total. The van der Waals surface area contributed by atoms with E-state index in [-0.39, 0.29) is 24.7 Å². The summed E-state index contributed by atoms with van der Waals surface area (Å²) in [6.45, 7) is 11.6. The maximum absolute atomic E-state index is 11.5. The average molecular weight is 1020 g/mol. The summed E-state index contributed by atoms with van der Waals surface area (Å²) < 4.78 is 59.4. The van der Waals surface area contributed by atoms with Gasteiger partial charge in [0.15, 0.2) is 0 Å². The first-order chi connectivity index (χ1) is 34.3. The molecule has 0 bridgehead atoms. The van der Waals surface area contributed by atoms with Gasteiger partial charge in [-0.3, -0.25) is 14.4 Å². The predicted molar refractivity (Wildman–Crippen MR) is 267 cm³/mol. The molecule has 0 aliphatic heterocycles. The SMILES string of the molecule is CNC(=O)CCCCCCCCCCCSc1cccc(C(=O)O)c1.NCCOCCOCCOCCOCCOCCOCCOCCOCCOCCOCCOCCNC(=O)CCCC(=O)O. The van der Waals surface area contributed by atoms with Crippen LogP contribution >= 0.6 is 11.8 Å². The van der Waals surface area contributed by atoms with E-state index in [1.54, 1.807) is 37.0 Å². The molecule has 408 valence electrons. The normalized spacial score (nSPS) is 11.1. The third kappa shape index (κ3) is 52.8. The van der Waals surface area contributed by atoms with Crippen LogP contribution in [0.3, 0.4) is 0 Å². The molecule has 0 fully saturated rings. The molecule has 70 heavy (non-hydrogen) atoms. The summed E-state index contributed by atoms with van der Waals surface area (Å²) in [5.41, 5.74) is 5.68. The van der Waals surface area contributed by atoms with Crippen molar-refractivity contribution >= 4 is 35.5 Å². The van der Waals surface area contributed by atoms with E-state index in [1.165, 1.54) is 44.9 Å². The van der Waals surface area contributed by atoms with Crippen LogP contribution in [0.5, 0.6) is 0 Å². The molecule has 0 saturated heterocycles. The van der Waals surface area contributed by atoms with Crippen LogP contribution in [0.4, 0.5) is 0 Å². The maximum Gasteiger partial charge on any atom is 0.335 e. The Morgan fingerprint density at radius 3 is 1.23 bits per heavy atom. The van der Waals surface area contributed by atoms with Gasteiger partial charge in [0.05, 0.1) is 151 Å². The second-order valence-electron chi connectivity index (χ2n) is 15.4. The molecule has 1 rings (SSSR count). The summed E-state index contributed by atoms with van der Waals surface area (Å²) in [6, 6.07) is 7.16. The van der Waals surface area contributed by atoms with Crippen molar-refractivity contribution in [2.45, 2.75) is 88.4 Å². The molecule has 0 aliphatic carbocycles. The number of benzene rings is 1. The van der Waals surface area contributed by atoms with Gasteiger partial charge in [0, 0.05) is 44.3 Å². The van der Waals surface area contributed by atoms with E-state index in [0.717, 1.165) is 23.5 Å². The zero-order valence-corrected chi connectivity index (χ0v) is 43.0. The van der Waals surface area contributed by atoms with E-state index in [0.29, 0.717) is 177 Å². The Morgan fingerprint density at radius 2 is 0.843 bits per heavy atom. The number of unbranched alkanes of at least 4 members (excludes halogenated alkanes) is 8. The second kappa shape index (κ2) is 55.3. The highest BCUT2D eigenvalue weighted by Gasteiger charge is 2.05. The van der Waals surface area contributed by atoms with Crippen molar-refractivity contribution in [2.75, 3.05) is 171 Å². The van der Waals surface area contributed by atoms with Gasteiger partial charge in [-0.15, -0.1) is 11.8 Å². The van der Waals surface area contributed by atoms with Gasteiger partial charge in [-0.05, 0) is 43.2 Å². The van der Waals surface area contributed by atoms with E-state index in [1.807, 2.05) is 6.07 Å². The summed E-state index contributed by atoms with van der Waals surface area (Å²) >= 11 is 1.74. The third-order valence-corrected chi connectivity index (χ3v) is 10.6. The molecule has 0 spiro atoms. The highest BCUT2D eigenvalue weighted by atomic mass is 32.2. The minimum atomic E-state index is -0.902. The zero-order chi connectivity index (χ0) is 51.1. The van der Waals surface area contributed by atoms with Gasteiger partial charge in [0.1, 0.15) is 0 Å². The fraction of sp³-hybridized carbons (Fsp3) is 0.796. The summed E-state index contributed by atoms with van der Waals surface area (Å²) in [6.07, 6.45) is 12.1. The lowest BCUT2D eigenvalue weighted by Gasteiger charge is -2.09. The number of hydrogen-bond donors (Lipinski definition) is 5. The first-order valence-electron chi connectivity index (χ1n) is 25.0. The summed E-state index contributed by atoms with van der Waals surface area (Å²) in [4.78, 5) is 44.9. The Balaban J connectivity index is 0.00000160. The monoisotopic (exact) mass is 1020 g/mol. The Kier molecular flexibility index (Phi) is 52.9. The molecule has 20 nitrogen and oxygen atoms in total. The highest BCUT2D eigenvalue weighted by molar-refractivity contribution is 7.99. The average Bonchev–Trinajstić information content (AvgIpc) is 3.35.